The number of rotatable bonds is 6. The van der Waals surface area contributed by atoms with Crippen LogP contribution >= 0.6 is 0 Å². The third-order valence-corrected chi connectivity index (χ3v) is 4.69. The molecule has 1 saturated heterocycles. The Balaban J connectivity index is 1.40. The molecular weight excluding hydrogens is 334 g/mol. The van der Waals surface area contributed by atoms with E-state index in [1.165, 1.54) is 6.39 Å². The predicted octanol–water partition coefficient (Wildman–Crippen LogP) is 1.55. The van der Waals surface area contributed by atoms with Gasteiger partial charge in [0.25, 0.3) is 0 Å². The van der Waals surface area contributed by atoms with Crippen molar-refractivity contribution in [2.75, 3.05) is 13.1 Å². The number of hydrogen-bond acceptors (Lipinski definition) is 6. The molecule has 0 unspecified atom stereocenters. The topological polar surface area (TPSA) is 99.4 Å². The first kappa shape index (κ1) is 16.6. The Bertz CT molecular complexity index is 882. The van der Waals surface area contributed by atoms with Crippen LogP contribution < -0.4 is 10.5 Å². The number of hydrogen-bond donors (Lipinski definition) is 1. The number of nitrogens with zero attached hydrogens (tertiary/aromatic N) is 4. The van der Waals surface area contributed by atoms with Crippen LogP contribution in [-0.2, 0) is 17.9 Å². The molecule has 0 bridgehead atoms. The largest absolute Gasteiger partial charge is 0.490 e. The summed E-state index contributed by atoms with van der Waals surface area (Å²) in [6, 6.07) is 7.86. The first-order valence-corrected chi connectivity index (χ1v) is 8.69. The number of fused-ring (bicyclic) bond motifs is 1. The van der Waals surface area contributed by atoms with Gasteiger partial charge in [0.2, 0.25) is 18.2 Å². The van der Waals surface area contributed by atoms with E-state index in [-0.39, 0.29) is 18.6 Å². The Morgan fingerprint density at radius 2 is 2.15 bits per heavy atom. The maximum Gasteiger partial charge on any atom is 0.237 e. The molecule has 1 amide bonds. The molecule has 1 aromatic carbocycles. The number of likely N-dealkylation sites (tertiary alicyclic amines) is 1. The van der Waals surface area contributed by atoms with E-state index in [0.29, 0.717) is 12.4 Å². The van der Waals surface area contributed by atoms with E-state index >= 15 is 0 Å². The lowest BCUT2D eigenvalue weighted by Gasteiger charge is -2.31. The number of piperidine rings is 1. The normalized spacial score (nSPS) is 16.2. The van der Waals surface area contributed by atoms with Crippen LogP contribution in [0, 0.1) is 0 Å². The molecular formula is C18H21N5O3. The van der Waals surface area contributed by atoms with Gasteiger partial charge in [-0.1, -0.05) is 6.07 Å². The Labute approximate surface area is 150 Å². The first-order chi connectivity index (χ1) is 12.7. The van der Waals surface area contributed by atoms with Crippen molar-refractivity contribution in [3.8, 4) is 5.75 Å². The van der Waals surface area contributed by atoms with E-state index in [2.05, 4.69) is 15.1 Å². The van der Waals surface area contributed by atoms with Crippen LogP contribution in [0.2, 0.25) is 0 Å². The van der Waals surface area contributed by atoms with Crippen LogP contribution in [0.4, 0.5) is 0 Å². The number of benzene rings is 1. The van der Waals surface area contributed by atoms with E-state index in [1.54, 1.807) is 0 Å². The van der Waals surface area contributed by atoms with E-state index in [9.17, 15) is 4.79 Å². The lowest BCUT2D eigenvalue weighted by Crippen LogP contribution is -2.37. The third kappa shape index (κ3) is 3.55. The smallest absolute Gasteiger partial charge is 0.237 e. The minimum atomic E-state index is -0.359. The molecule has 3 aromatic rings. The molecule has 1 fully saturated rings. The van der Waals surface area contributed by atoms with Gasteiger partial charge in [-0.25, -0.2) is 0 Å². The molecule has 136 valence electrons. The van der Waals surface area contributed by atoms with Crippen molar-refractivity contribution < 1.29 is 13.9 Å². The van der Waals surface area contributed by atoms with Crippen LogP contribution in [0.3, 0.4) is 0 Å². The third-order valence-electron chi connectivity index (χ3n) is 4.69. The fraction of sp³-hybridized carbons (Fsp3) is 0.389. The molecule has 26 heavy (non-hydrogen) atoms. The summed E-state index contributed by atoms with van der Waals surface area (Å²) in [7, 11) is 0. The zero-order valence-electron chi connectivity index (χ0n) is 14.4. The number of ether oxygens (including phenoxy) is 1. The molecule has 0 spiro atoms. The highest BCUT2D eigenvalue weighted by Crippen LogP contribution is 2.29. The highest BCUT2D eigenvalue weighted by atomic mass is 16.5. The Morgan fingerprint density at radius 3 is 2.88 bits per heavy atom. The molecule has 1 aliphatic heterocycles. The van der Waals surface area contributed by atoms with Crippen LogP contribution in [-0.4, -0.2) is 44.8 Å². The van der Waals surface area contributed by atoms with Gasteiger partial charge in [0, 0.05) is 24.7 Å². The SMILES string of the molecule is NC(=O)Cn1ccc2c(OC3CCN(Cc4nnco4)CC3)cccc21. The Kier molecular flexibility index (Phi) is 4.57. The van der Waals surface area contributed by atoms with Crippen LogP contribution in [0.15, 0.2) is 41.3 Å². The molecule has 2 aromatic heterocycles. The average molecular weight is 355 g/mol. The van der Waals surface area contributed by atoms with E-state index in [1.807, 2.05) is 35.0 Å². The molecule has 4 rings (SSSR count). The summed E-state index contributed by atoms with van der Waals surface area (Å²) in [5, 5.41) is 8.64. The quantitative estimate of drug-likeness (QED) is 0.720. The van der Waals surface area contributed by atoms with Crippen molar-refractivity contribution in [3.63, 3.8) is 0 Å². The molecule has 8 nitrogen and oxygen atoms in total. The molecule has 8 heteroatoms. The zero-order chi connectivity index (χ0) is 17.9. The van der Waals surface area contributed by atoms with Crippen molar-refractivity contribution in [2.24, 2.45) is 5.73 Å². The minimum absolute atomic E-state index is 0.166. The highest BCUT2D eigenvalue weighted by molar-refractivity contribution is 5.87. The molecule has 0 saturated carbocycles. The van der Waals surface area contributed by atoms with Gasteiger partial charge in [-0.2, -0.15) is 0 Å². The first-order valence-electron chi connectivity index (χ1n) is 8.69. The summed E-state index contributed by atoms with van der Waals surface area (Å²) in [4.78, 5) is 13.5. The lowest BCUT2D eigenvalue weighted by atomic mass is 10.1. The number of carbonyl (C=O) groups excluding carboxylic acids is 1. The maximum absolute atomic E-state index is 11.2. The lowest BCUT2D eigenvalue weighted by molar-refractivity contribution is -0.118. The summed E-state index contributed by atoms with van der Waals surface area (Å²) in [6.45, 7) is 2.69. The van der Waals surface area contributed by atoms with Crippen molar-refractivity contribution in [2.45, 2.75) is 32.0 Å². The Morgan fingerprint density at radius 1 is 1.31 bits per heavy atom. The van der Waals surface area contributed by atoms with Gasteiger partial charge >= 0.3 is 0 Å². The second kappa shape index (κ2) is 7.17. The second-order valence-electron chi connectivity index (χ2n) is 6.52. The number of aromatic nitrogens is 3. The summed E-state index contributed by atoms with van der Waals surface area (Å²) < 4.78 is 13.3. The fourth-order valence-corrected chi connectivity index (χ4v) is 3.42. The van der Waals surface area contributed by atoms with Gasteiger partial charge in [0.15, 0.2) is 0 Å². The zero-order valence-corrected chi connectivity index (χ0v) is 14.4. The van der Waals surface area contributed by atoms with E-state index < -0.39 is 0 Å². The van der Waals surface area contributed by atoms with Crippen molar-refractivity contribution in [3.05, 3.63) is 42.7 Å². The van der Waals surface area contributed by atoms with Gasteiger partial charge < -0.3 is 19.5 Å². The van der Waals surface area contributed by atoms with Gasteiger partial charge in [-0.05, 0) is 31.0 Å². The van der Waals surface area contributed by atoms with Crippen molar-refractivity contribution >= 4 is 16.8 Å². The van der Waals surface area contributed by atoms with Crippen LogP contribution in [0.1, 0.15) is 18.7 Å². The molecule has 0 radical (unpaired) electrons. The van der Waals surface area contributed by atoms with Crippen LogP contribution in [0.25, 0.3) is 10.9 Å². The molecule has 0 atom stereocenters. The van der Waals surface area contributed by atoms with Crippen molar-refractivity contribution in [1.82, 2.24) is 19.7 Å². The predicted molar refractivity (Wildman–Crippen MR) is 94.4 cm³/mol. The Hall–Kier alpha value is -2.87. The minimum Gasteiger partial charge on any atom is -0.490 e. The second-order valence-corrected chi connectivity index (χ2v) is 6.52. The number of carbonyl (C=O) groups is 1. The van der Waals surface area contributed by atoms with Gasteiger partial charge in [0.1, 0.15) is 18.4 Å². The van der Waals surface area contributed by atoms with Crippen molar-refractivity contribution in [1.29, 1.82) is 0 Å². The number of nitrogens with two attached hydrogens (primary N) is 1. The van der Waals surface area contributed by atoms with Gasteiger partial charge in [-0.15, -0.1) is 10.2 Å². The van der Waals surface area contributed by atoms with E-state index in [0.717, 1.165) is 42.6 Å². The monoisotopic (exact) mass is 355 g/mol. The molecule has 2 N–H and O–H groups in total. The number of amides is 1. The fourth-order valence-electron chi connectivity index (χ4n) is 3.42. The average Bonchev–Trinajstić information content (AvgIpc) is 3.27. The summed E-state index contributed by atoms with van der Waals surface area (Å²) in [6.07, 6.45) is 5.27. The molecule has 3 heterocycles. The van der Waals surface area contributed by atoms with E-state index in [4.69, 9.17) is 14.9 Å². The van der Waals surface area contributed by atoms with Gasteiger partial charge in [0.05, 0.1) is 12.1 Å². The summed E-state index contributed by atoms with van der Waals surface area (Å²) in [5.74, 6) is 1.13. The van der Waals surface area contributed by atoms with Crippen LogP contribution in [0.5, 0.6) is 5.75 Å². The standard InChI is InChI=1S/C18H21N5O3/c19-17(24)10-23-9-6-14-15(23)2-1-3-16(14)26-13-4-7-22(8-5-13)11-18-21-20-12-25-18/h1-3,6,9,12-13H,4-5,7-8,10-11H2,(H2,19,24). The maximum atomic E-state index is 11.2. The molecule has 0 aliphatic carbocycles. The number of primary amides is 1. The summed E-state index contributed by atoms with van der Waals surface area (Å²) in [5.41, 5.74) is 6.27. The molecule has 1 aliphatic rings. The summed E-state index contributed by atoms with van der Waals surface area (Å²) >= 11 is 0. The highest BCUT2D eigenvalue weighted by Gasteiger charge is 2.22. The van der Waals surface area contributed by atoms with Gasteiger partial charge in [-0.3, -0.25) is 9.69 Å².